The maximum atomic E-state index is 13.6. The lowest BCUT2D eigenvalue weighted by Gasteiger charge is -2.15. The number of ether oxygens (including phenoxy) is 1. The van der Waals surface area contributed by atoms with Gasteiger partial charge in [0.15, 0.2) is 11.6 Å². The van der Waals surface area contributed by atoms with Crippen LogP contribution < -0.4 is 10.1 Å². The summed E-state index contributed by atoms with van der Waals surface area (Å²) in [5, 5.41) is 21.5. The van der Waals surface area contributed by atoms with Gasteiger partial charge < -0.3 is 20.3 Å². The zero-order valence-corrected chi connectivity index (χ0v) is 10.3. The second-order valence-electron chi connectivity index (χ2n) is 3.93. The third kappa shape index (κ3) is 2.72. The Bertz CT molecular complexity index is 575. The summed E-state index contributed by atoms with van der Waals surface area (Å²) in [5.74, 6) is -0.0354. The van der Waals surface area contributed by atoms with Gasteiger partial charge in [0.05, 0.1) is 31.9 Å². The smallest absolute Gasteiger partial charge is 0.167 e. The standard InChI is InChI=1S/C12H14FN3O3/c1-19-11-2-8-10(3-9(11)13)14-6-15-12(8)16-7(4-17)5-18/h2-3,6-7,17-18H,4-5H2,1H3,(H,14,15,16). The molecule has 0 amide bonds. The first-order chi connectivity index (χ1) is 9.19. The van der Waals surface area contributed by atoms with Crippen molar-refractivity contribution in [3.63, 3.8) is 0 Å². The van der Waals surface area contributed by atoms with Gasteiger partial charge in [-0.15, -0.1) is 0 Å². The molecule has 19 heavy (non-hydrogen) atoms. The lowest BCUT2D eigenvalue weighted by Crippen LogP contribution is -2.28. The quantitative estimate of drug-likeness (QED) is 0.733. The molecule has 0 saturated heterocycles. The second-order valence-corrected chi connectivity index (χ2v) is 3.93. The fourth-order valence-corrected chi connectivity index (χ4v) is 1.67. The number of aliphatic hydroxyl groups is 2. The van der Waals surface area contributed by atoms with E-state index in [1.54, 1.807) is 0 Å². The summed E-state index contributed by atoms with van der Waals surface area (Å²) in [6.07, 6.45) is 1.28. The highest BCUT2D eigenvalue weighted by molar-refractivity contribution is 5.90. The summed E-state index contributed by atoms with van der Waals surface area (Å²) in [6, 6.07) is 2.17. The van der Waals surface area contributed by atoms with Crippen LogP contribution in [0.1, 0.15) is 0 Å². The average molecular weight is 267 g/mol. The van der Waals surface area contributed by atoms with E-state index >= 15 is 0 Å². The van der Waals surface area contributed by atoms with Gasteiger partial charge in [-0.25, -0.2) is 14.4 Å². The first kappa shape index (κ1) is 13.4. The minimum atomic E-state index is -0.547. The maximum Gasteiger partial charge on any atom is 0.167 e. The molecule has 1 heterocycles. The number of nitrogens with zero attached hydrogens (tertiary/aromatic N) is 2. The molecule has 0 aliphatic heterocycles. The molecular formula is C12H14FN3O3. The number of nitrogens with one attached hydrogen (secondary N) is 1. The highest BCUT2D eigenvalue weighted by Crippen LogP contribution is 2.27. The Hall–Kier alpha value is -1.99. The molecule has 102 valence electrons. The Labute approximate surface area is 108 Å². The van der Waals surface area contributed by atoms with Crippen molar-refractivity contribution in [2.24, 2.45) is 0 Å². The fourth-order valence-electron chi connectivity index (χ4n) is 1.67. The van der Waals surface area contributed by atoms with Crippen LogP contribution in [0.15, 0.2) is 18.5 Å². The van der Waals surface area contributed by atoms with E-state index in [9.17, 15) is 4.39 Å². The van der Waals surface area contributed by atoms with Crippen molar-refractivity contribution in [3.05, 3.63) is 24.3 Å². The molecule has 0 aliphatic carbocycles. The van der Waals surface area contributed by atoms with Crippen LogP contribution in [-0.4, -0.2) is 46.5 Å². The van der Waals surface area contributed by atoms with Crippen LogP contribution >= 0.6 is 0 Å². The topological polar surface area (TPSA) is 87.5 Å². The van der Waals surface area contributed by atoms with E-state index in [2.05, 4.69) is 15.3 Å². The van der Waals surface area contributed by atoms with Crippen LogP contribution in [0.5, 0.6) is 5.75 Å². The molecule has 2 aromatic rings. The Balaban J connectivity index is 2.49. The highest BCUT2D eigenvalue weighted by atomic mass is 19.1. The largest absolute Gasteiger partial charge is 0.494 e. The molecule has 0 unspecified atom stereocenters. The van der Waals surface area contributed by atoms with Crippen LogP contribution in [0.2, 0.25) is 0 Å². The summed E-state index contributed by atoms with van der Waals surface area (Å²) < 4.78 is 18.5. The average Bonchev–Trinajstić information content (AvgIpc) is 2.44. The predicted molar refractivity (Wildman–Crippen MR) is 67.6 cm³/mol. The molecule has 0 saturated carbocycles. The summed E-state index contributed by atoms with van der Waals surface area (Å²) in [4.78, 5) is 7.99. The molecule has 1 aromatic carbocycles. The molecule has 0 aliphatic rings. The van der Waals surface area contributed by atoms with Crippen LogP contribution in [0.4, 0.5) is 10.2 Å². The summed E-state index contributed by atoms with van der Waals surface area (Å²) >= 11 is 0. The zero-order valence-electron chi connectivity index (χ0n) is 10.3. The fraction of sp³-hybridized carbons (Fsp3) is 0.333. The van der Waals surface area contributed by atoms with Gasteiger partial charge in [0, 0.05) is 11.5 Å². The van der Waals surface area contributed by atoms with Crippen LogP contribution in [0.25, 0.3) is 10.9 Å². The number of hydrogen-bond acceptors (Lipinski definition) is 6. The van der Waals surface area contributed by atoms with Crippen molar-refractivity contribution < 1.29 is 19.3 Å². The molecule has 0 spiro atoms. The molecule has 1 aromatic heterocycles. The van der Waals surface area contributed by atoms with Crippen LogP contribution in [0, 0.1) is 5.82 Å². The van der Waals surface area contributed by atoms with Crippen molar-refractivity contribution in [3.8, 4) is 5.75 Å². The molecule has 0 atom stereocenters. The van der Waals surface area contributed by atoms with E-state index in [1.165, 1.54) is 25.6 Å². The third-order valence-electron chi connectivity index (χ3n) is 2.69. The normalized spacial score (nSPS) is 11.0. The van der Waals surface area contributed by atoms with Gasteiger partial charge in [0.2, 0.25) is 0 Å². The molecule has 6 nitrogen and oxygen atoms in total. The van der Waals surface area contributed by atoms with Gasteiger partial charge in [-0.3, -0.25) is 0 Å². The predicted octanol–water partition coefficient (Wildman–Crippen LogP) is 0.543. The number of fused-ring (bicyclic) bond motifs is 1. The van der Waals surface area contributed by atoms with Gasteiger partial charge in [0.25, 0.3) is 0 Å². The molecule has 7 heteroatoms. The lowest BCUT2D eigenvalue weighted by atomic mass is 10.2. The summed E-state index contributed by atoms with van der Waals surface area (Å²) in [7, 11) is 1.37. The molecule has 0 radical (unpaired) electrons. The first-order valence-electron chi connectivity index (χ1n) is 5.66. The number of anilines is 1. The van der Waals surface area contributed by atoms with E-state index in [1.807, 2.05) is 0 Å². The SMILES string of the molecule is COc1cc2c(NC(CO)CO)ncnc2cc1F. The number of hydrogen-bond donors (Lipinski definition) is 3. The minimum absolute atomic E-state index is 0.0786. The number of aromatic nitrogens is 2. The summed E-state index contributed by atoms with van der Waals surface area (Å²) in [5.41, 5.74) is 0.408. The van der Waals surface area contributed by atoms with Gasteiger partial charge in [0.1, 0.15) is 12.1 Å². The van der Waals surface area contributed by atoms with Crippen LogP contribution in [0.3, 0.4) is 0 Å². The number of halogens is 1. The molecule has 0 bridgehead atoms. The molecule has 2 rings (SSSR count). The van der Waals surface area contributed by atoms with E-state index in [4.69, 9.17) is 14.9 Å². The van der Waals surface area contributed by atoms with Crippen molar-refractivity contribution >= 4 is 16.7 Å². The highest BCUT2D eigenvalue weighted by Gasteiger charge is 2.13. The van der Waals surface area contributed by atoms with Gasteiger partial charge in [-0.1, -0.05) is 0 Å². The zero-order chi connectivity index (χ0) is 13.8. The van der Waals surface area contributed by atoms with Crippen molar-refractivity contribution in [2.75, 3.05) is 25.6 Å². The van der Waals surface area contributed by atoms with E-state index in [0.29, 0.717) is 16.7 Å². The minimum Gasteiger partial charge on any atom is -0.494 e. The Morgan fingerprint density at radius 2 is 2.05 bits per heavy atom. The van der Waals surface area contributed by atoms with Crippen LogP contribution in [-0.2, 0) is 0 Å². The van der Waals surface area contributed by atoms with E-state index in [0.717, 1.165) is 0 Å². The lowest BCUT2D eigenvalue weighted by molar-refractivity contribution is 0.203. The number of benzene rings is 1. The van der Waals surface area contributed by atoms with Crippen molar-refractivity contribution in [1.82, 2.24) is 9.97 Å². The molecular weight excluding hydrogens is 253 g/mol. The van der Waals surface area contributed by atoms with E-state index < -0.39 is 11.9 Å². The third-order valence-corrected chi connectivity index (χ3v) is 2.69. The Morgan fingerprint density at radius 1 is 1.32 bits per heavy atom. The van der Waals surface area contributed by atoms with E-state index in [-0.39, 0.29) is 19.0 Å². The monoisotopic (exact) mass is 267 g/mol. The van der Waals surface area contributed by atoms with Gasteiger partial charge in [-0.2, -0.15) is 0 Å². The number of aliphatic hydroxyl groups excluding tert-OH is 2. The Morgan fingerprint density at radius 3 is 2.68 bits per heavy atom. The maximum absolute atomic E-state index is 13.6. The number of rotatable bonds is 5. The second kappa shape index (κ2) is 5.77. The van der Waals surface area contributed by atoms with Crippen molar-refractivity contribution in [1.29, 1.82) is 0 Å². The number of methoxy groups -OCH3 is 1. The first-order valence-corrected chi connectivity index (χ1v) is 5.66. The van der Waals surface area contributed by atoms with Gasteiger partial charge in [-0.05, 0) is 6.07 Å². The molecule has 0 fully saturated rings. The summed E-state index contributed by atoms with van der Waals surface area (Å²) in [6.45, 7) is -0.499. The Kier molecular flexibility index (Phi) is 4.08. The van der Waals surface area contributed by atoms with Gasteiger partial charge >= 0.3 is 0 Å². The molecule has 3 N–H and O–H groups in total. The van der Waals surface area contributed by atoms with Crippen molar-refractivity contribution in [2.45, 2.75) is 6.04 Å².